The van der Waals surface area contributed by atoms with Crippen LogP contribution >= 0.6 is 0 Å². The van der Waals surface area contributed by atoms with Crippen LogP contribution in [0.15, 0.2) is 0 Å². The van der Waals surface area contributed by atoms with Gasteiger partial charge in [0, 0.05) is 65.8 Å². The van der Waals surface area contributed by atoms with Crippen molar-refractivity contribution in [2.24, 2.45) is 0 Å². The van der Waals surface area contributed by atoms with Gasteiger partial charge in [-0.15, -0.1) is 0 Å². The molecule has 9 heteroatoms. The van der Waals surface area contributed by atoms with Crippen LogP contribution in [0, 0.1) is 0 Å². The third-order valence-electron chi connectivity index (χ3n) is 2.78. The molecule has 0 saturated carbocycles. The molecule has 0 amide bonds. The summed E-state index contributed by atoms with van der Waals surface area (Å²) in [5.41, 5.74) is 0. The van der Waals surface area contributed by atoms with Gasteiger partial charge in [0.15, 0.2) is 0 Å². The second-order valence-electron chi connectivity index (χ2n) is 4.53. The van der Waals surface area contributed by atoms with Crippen LogP contribution in [0.1, 0.15) is 60.8 Å². The first kappa shape index (κ1) is 35.8. The molecule has 0 aromatic carbocycles. The summed E-state index contributed by atoms with van der Waals surface area (Å²) < 4.78 is 16.7. The predicted molar refractivity (Wildman–Crippen MR) is 94.9 cm³/mol. The molecule has 0 aromatic rings. The predicted octanol–water partition coefficient (Wildman–Crippen LogP) is 1.68. The topological polar surface area (TPSA) is 109 Å². The smallest absolute Gasteiger partial charge is 0.400 e. The summed E-state index contributed by atoms with van der Waals surface area (Å²) in [6.45, 7) is 11.8. The van der Waals surface area contributed by atoms with Gasteiger partial charge in [-0.2, -0.15) is 0 Å². The third kappa shape index (κ3) is 22.8. The van der Waals surface area contributed by atoms with Crippen molar-refractivity contribution < 1.29 is 59.6 Å². The van der Waals surface area contributed by atoms with E-state index in [2.05, 4.69) is 0 Å². The summed E-state index contributed by atoms with van der Waals surface area (Å²) in [6, 6.07) is 0. The Morgan fingerprint density at radius 1 is 0.625 bits per heavy atom. The van der Waals surface area contributed by atoms with Crippen molar-refractivity contribution in [2.45, 2.75) is 79.1 Å². The number of hydrogen-bond donors (Lipinski definition) is 4. The fourth-order valence-electron chi connectivity index (χ4n) is 1.10. The van der Waals surface area contributed by atoms with Gasteiger partial charge in [-0.3, -0.25) is 0 Å². The Labute approximate surface area is 169 Å². The van der Waals surface area contributed by atoms with E-state index < -0.39 is 9.05 Å². The molecule has 3 unspecified atom stereocenters. The number of rotatable bonds is 9. The standard InChI is InChI=1S/C12H28O4Si.3CH4O.Zr/c1-7-10(4)14-17(13,15-11(5)8-2)16-12(6)9-3;3*1-2;/h10-13H,7-9H2,1-6H3;3*2H,1H3;. The molecule has 0 aliphatic carbocycles. The molecule has 0 aliphatic heterocycles. The monoisotopic (exact) mass is 450 g/mol. The van der Waals surface area contributed by atoms with Crippen molar-refractivity contribution in [1.29, 1.82) is 0 Å². The van der Waals surface area contributed by atoms with E-state index in [1.54, 1.807) is 0 Å². The van der Waals surface area contributed by atoms with E-state index in [9.17, 15) is 4.80 Å². The van der Waals surface area contributed by atoms with Gasteiger partial charge in [-0.25, -0.2) is 0 Å². The molecule has 150 valence electrons. The SMILES string of the molecule is CCC(C)O[Si](O)(OC(C)CC)OC(C)CC.CO.CO.CO.[Zr]. The summed E-state index contributed by atoms with van der Waals surface area (Å²) in [7, 11) is -0.502. The molecule has 24 heavy (non-hydrogen) atoms. The zero-order valence-corrected chi connectivity index (χ0v) is 20.3. The average molecular weight is 452 g/mol. The van der Waals surface area contributed by atoms with Crippen molar-refractivity contribution in [3.63, 3.8) is 0 Å². The van der Waals surface area contributed by atoms with Gasteiger partial charge in [0.1, 0.15) is 0 Å². The van der Waals surface area contributed by atoms with Crippen LogP contribution in [-0.2, 0) is 39.5 Å². The van der Waals surface area contributed by atoms with Crippen molar-refractivity contribution in [3.05, 3.63) is 0 Å². The number of aliphatic hydroxyl groups is 3. The third-order valence-corrected chi connectivity index (χ3v) is 4.88. The van der Waals surface area contributed by atoms with Crippen LogP contribution in [0.25, 0.3) is 0 Å². The van der Waals surface area contributed by atoms with Crippen LogP contribution in [-0.4, -0.2) is 68.8 Å². The Hall–Kier alpha value is 0.820. The zero-order chi connectivity index (χ0) is 19.5. The summed E-state index contributed by atoms with van der Waals surface area (Å²) in [6.07, 6.45) is 2.30. The van der Waals surface area contributed by atoms with Crippen LogP contribution in [0.5, 0.6) is 0 Å². The Morgan fingerprint density at radius 2 is 0.792 bits per heavy atom. The minimum absolute atomic E-state index is 0. The quantitative estimate of drug-likeness (QED) is 0.395. The van der Waals surface area contributed by atoms with Crippen LogP contribution < -0.4 is 0 Å². The molecular weight excluding hydrogens is 411 g/mol. The van der Waals surface area contributed by atoms with E-state index in [0.29, 0.717) is 0 Å². The first-order valence-corrected chi connectivity index (χ1v) is 9.63. The molecule has 3 atom stereocenters. The Morgan fingerprint density at radius 3 is 0.917 bits per heavy atom. The van der Waals surface area contributed by atoms with E-state index in [1.807, 2.05) is 41.5 Å². The first-order chi connectivity index (χ1) is 10.9. The van der Waals surface area contributed by atoms with Crippen molar-refractivity contribution in [2.75, 3.05) is 21.3 Å². The van der Waals surface area contributed by atoms with Gasteiger partial charge in [-0.1, -0.05) is 20.8 Å². The Balaban J connectivity index is -0.000000153. The van der Waals surface area contributed by atoms with Gasteiger partial charge >= 0.3 is 9.05 Å². The summed E-state index contributed by atoms with van der Waals surface area (Å²) in [5.74, 6) is 0. The molecule has 4 N–H and O–H groups in total. The molecule has 0 aliphatic rings. The largest absolute Gasteiger partial charge is 0.677 e. The molecule has 7 nitrogen and oxygen atoms in total. The van der Waals surface area contributed by atoms with Crippen molar-refractivity contribution >= 4 is 9.05 Å². The van der Waals surface area contributed by atoms with Crippen molar-refractivity contribution in [1.82, 2.24) is 0 Å². The van der Waals surface area contributed by atoms with Gasteiger partial charge in [-0.05, 0) is 40.0 Å². The van der Waals surface area contributed by atoms with Crippen molar-refractivity contribution in [3.8, 4) is 0 Å². The second-order valence-corrected chi connectivity index (χ2v) is 6.29. The molecule has 0 spiro atoms. The first-order valence-electron chi connectivity index (χ1n) is 7.96. The number of hydrogen-bond acceptors (Lipinski definition) is 7. The van der Waals surface area contributed by atoms with E-state index in [0.717, 1.165) is 40.6 Å². The average Bonchev–Trinajstić information content (AvgIpc) is 2.59. The Kier molecular flexibility index (Phi) is 38.9. The van der Waals surface area contributed by atoms with Gasteiger partial charge < -0.3 is 33.4 Å². The maximum atomic E-state index is 10.4. The molecule has 0 aromatic heterocycles. The molecular formula is C15H40O7SiZr. The molecule has 0 rings (SSSR count). The summed E-state index contributed by atoms with van der Waals surface area (Å²) in [5, 5.41) is 21.0. The van der Waals surface area contributed by atoms with E-state index in [1.165, 1.54) is 0 Å². The molecule has 0 saturated heterocycles. The fourth-order valence-corrected chi connectivity index (χ4v) is 3.29. The molecule has 0 radical (unpaired) electrons. The zero-order valence-electron chi connectivity index (χ0n) is 16.9. The number of aliphatic hydroxyl groups excluding tert-OH is 3. The van der Waals surface area contributed by atoms with E-state index in [4.69, 9.17) is 28.6 Å². The van der Waals surface area contributed by atoms with Crippen LogP contribution in [0.2, 0.25) is 0 Å². The second kappa shape index (κ2) is 26.1. The van der Waals surface area contributed by atoms with E-state index >= 15 is 0 Å². The minimum atomic E-state index is -3.50. The van der Waals surface area contributed by atoms with Gasteiger partial charge in [0.05, 0.1) is 0 Å². The van der Waals surface area contributed by atoms with Gasteiger partial charge in [0.25, 0.3) is 0 Å². The molecule has 0 bridgehead atoms. The van der Waals surface area contributed by atoms with E-state index in [-0.39, 0.29) is 44.5 Å². The summed E-state index contributed by atoms with van der Waals surface area (Å²) >= 11 is 0. The molecule has 0 fully saturated rings. The summed E-state index contributed by atoms with van der Waals surface area (Å²) in [4.78, 5) is 10.4. The Bertz CT molecular complexity index is 183. The van der Waals surface area contributed by atoms with Crippen LogP contribution in [0.4, 0.5) is 0 Å². The fraction of sp³-hybridized carbons (Fsp3) is 1.00. The van der Waals surface area contributed by atoms with Gasteiger partial charge in [0.2, 0.25) is 0 Å². The minimum Gasteiger partial charge on any atom is -0.400 e. The molecule has 0 heterocycles. The van der Waals surface area contributed by atoms with Crippen LogP contribution in [0.3, 0.4) is 0 Å². The normalized spacial score (nSPS) is 15.4. The maximum Gasteiger partial charge on any atom is 0.677 e. The maximum absolute atomic E-state index is 10.4.